The van der Waals surface area contributed by atoms with Crippen LogP contribution in [-0.2, 0) is 16.5 Å². The highest BCUT2D eigenvalue weighted by Crippen LogP contribution is 2.21. The number of halogens is 1. The van der Waals surface area contributed by atoms with Crippen LogP contribution >= 0.6 is 15.9 Å². The van der Waals surface area contributed by atoms with Crippen LogP contribution in [0.1, 0.15) is 40.9 Å². The molecular weight excluding hydrogens is 282 g/mol. The summed E-state index contributed by atoms with van der Waals surface area (Å²) >= 11 is 3.37. The van der Waals surface area contributed by atoms with E-state index in [4.69, 9.17) is 10.00 Å². The van der Waals surface area contributed by atoms with Crippen LogP contribution in [0.3, 0.4) is 0 Å². The van der Waals surface area contributed by atoms with E-state index in [1.807, 2.05) is 6.92 Å². The second kappa shape index (κ2) is 6.41. The molecule has 0 radical (unpaired) electrons. The third-order valence-corrected chi connectivity index (χ3v) is 3.05. The average molecular weight is 296 g/mol. The highest BCUT2D eigenvalue weighted by Gasteiger charge is 2.13. The van der Waals surface area contributed by atoms with Crippen molar-refractivity contribution >= 4 is 21.9 Å². The number of hydrogen-bond acceptors (Lipinski definition) is 3. The summed E-state index contributed by atoms with van der Waals surface area (Å²) in [6.07, 6.45) is 0.781. The lowest BCUT2D eigenvalue weighted by atomic mass is 9.98. The van der Waals surface area contributed by atoms with Gasteiger partial charge in [-0.3, -0.25) is 0 Å². The summed E-state index contributed by atoms with van der Waals surface area (Å²) in [5.74, 6) is -0.375. The van der Waals surface area contributed by atoms with Gasteiger partial charge in [-0.1, -0.05) is 22.9 Å². The number of benzene rings is 1. The van der Waals surface area contributed by atoms with Gasteiger partial charge in [0.15, 0.2) is 0 Å². The van der Waals surface area contributed by atoms with Crippen molar-refractivity contribution in [2.24, 2.45) is 0 Å². The van der Waals surface area contributed by atoms with Crippen molar-refractivity contribution in [2.75, 3.05) is 6.61 Å². The Morgan fingerprint density at radius 3 is 2.65 bits per heavy atom. The van der Waals surface area contributed by atoms with Gasteiger partial charge in [-0.15, -0.1) is 0 Å². The lowest BCUT2D eigenvalue weighted by Gasteiger charge is -2.10. The summed E-state index contributed by atoms with van der Waals surface area (Å²) in [7, 11) is 0. The molecule has 0 spiro atoms. The Kier molecular flexibility index (Phi) is 5.17. The molecule has 4 heteroatoms. The molecule has 0 saturated heterocycles. The Bertz CT molecular complexity index is 463. The summed E-state index contributed by atoms with van der Waals surface area (Å²) in [6.45, 7) is 4.09. The zero-order valence-electron chi connectivity index (χ0n) is 9.92. The smallest absolute Gasteiger partial charge is 0.338 e. The molecule has 17 heavy (non-hydrogen) atoms. The number of aryl methyl sites for hydroxylation is 1. The van der Waals surface area contributed by atoms with Crippen LogP contribution in [0.5, 0.6) is 0 Å². The van der Waals surface area contributed by atoms with Crippen LogP contribution < -0.4 is 0 Å². The predicted octanol–water partition coefficient (Wildman–Crippen LogP) is 3.19. The fraction of sp³-hybridized carbons (Fsp3) is 0.385. The highest BCUT2D eigenvalue weighted by atomic mass is 79.9. The molecule has 1 rings (SSSR count). The van der Waals surface area contributed by atoms with E-state index in [2.05, 4.69) is 22.0 Å². The van der Waals surface area contributed by atoms with E-state index in [1.54, 1.807) is 19.1 Å². The second-order valence-corrected chi connectivity index (χ2v) is 4.04. The minimum absolute atomic E-state index is 0.336. The van der Waals surface area contributed by atoms with Crippen LogP contribution in [0.4, 0.5) is 0 Å². The van der Waals surface area contributed by atoms with Crippen LogP contribution in [0, 0.1) is 11.3 Å². The number of alkyl halides is 1. The first-order valence-electron chi connectivity index (χ1n) is 5.46. The predicted molar refractivity (Wildman–Crippen MR) is 69.1 cm³/mol. The zero-order valence-corrected chi connectivity index (χ0v) is 11.5. The SMILES string of the molecule is CCOC(=O)c1cc(C#N)c(CBr)c(CC)c1. The molecule has 0 heterocycles. The Morgan fingerprint density at radius 1 is 1.47 bits per heavy atom. The van der Waals surface area contributed by atoms with Gasteiger partial charge in [-0.05, 0) is 36.6 Å². The normalized spacial score (nSPS) is 9.76. The molecule has 0 bridgehead atoms. The van der Waals surface area contributed by atoms with Gasteiger partial charge in [-0.25, -0.2) is 4.79 Å². The van der Waals surface area contributed by atoms with Crippen LogP contribution in [-0.4, -0.2) is 12.6 Å². The molecule has 1 aromatic rings. The first-order valence-corrected chi connectivity index (χ1v) is 6.59. The summed E-state index contributed by atoms with van der Waals surface area (Å²) in [6, 6.07) is 5.51. The molecule has 0 amide bonds. The molecule has 0 aliphatic rings. The molecule has 0 atom stereocenters. The Morgan fingerprint density at radius 2 is 2.18 bits per heavy atom. The van der Waals surface area contributed by atoms with Crippen molar-refractivity contribution in [3.63, 3.8) is 0 Å². The fourth-order valence-corrected chi connectivity index (χ4v) is 2.30. The zero-order chi connectivity index (χ0) is 12.8. The number of nitriles is 1. The van der Waals surface area contributed by atoms with Crippen LogP contribution in [0.25, 0.3) is 0 Å². The van der Waals surface area contributed by atoms with E-state index >= 15 is 0 Å². The molecule has 0 aliphatic heterocycles. The molecule has 0 N–H and O–H groups in total. The maximum atomic E-state index is 11.6. The molecule has 0 saturated carbocycles. The van der Waals surface area contributed by atoms with E-state index in [1.165, 1.54) is 0 Å². The number of rotatable bonds is 4. The minimum atomic E-state index is -0.375. The standard InChI is InChI=1S/C13H14BrNO2/c1-3-9-5-10(13(16)17-4-2)6-11(8-15)12(9)7-14/h5-6H,3-4,7H2,1-2H3. The molecule has 0 aromatic heterocycles. The van der Waals surface area contributed by atoms with E-state index in [9.17, 15) is 4.79 Å². The van der Waals surface area contributed by atoms with Crippen molar-refractivity contribution in [1.29, 1.82) is 5.26 Å². The summed E-state index contributed by atoms with van der Waals surface area (Å²) in [5.41, 5.74) is 2.93. The molecule has 3 nitrogen and oxygen atoms in total. The molecular formula is C13H14BrNO2. The van der Waals surface area contributed by atoms with E-state index < -0.39 is 0 Å². The van der Waals surface area contributed by atoms with Gasteiger partial charge in [0.05, 0.1) is 23.8 Å². The summed E-state index contributed by atoms with van der Waals surface area (Å²) in [4.78, 5) is 11.6. The average Bonchev–Trinajstić information content (AvgIpc) is 2.37. The number of carbonyl (C=O) groups excluding carboxylic acids is 1. The maximum absolute atomic E-state index is 11.6. The molecule has 90 valence electrons. The number of ether oxygens (including phenoxy) is 1. The van der Waals surface area contributed by atoms with Crippen molar-refractivity contribution < 1.29 is 9.53 Å². The fourth-order valence-electron chi connectivity index (χ4n) is 1.64. The monoisotopic (exact) mass is 295 g/mol. The maximum Gasteiger partial charge on any atom is 0.338 e. The number of carbonyl (C=O) groups is 1. The van der Waals surface area contributed by atoms with Gasteiger partial charge in [-0.2, -0.15) is 5.26 Å². The van der Waals surface area contributed by atoms with Crippen molar-refractivity contribution in [1.82, 2.24) is 0 Å². The van der Waals surface area contributed by atoms with E-state index in [-0.39, 0.29) is 5.97 Å². The number of esters is 1. The molecule has 1 aromatic carbocycles. The van der Waals surface area contributed by atoms with E-state index in [0.29, 0.717) is 23.1 Å². The molecule has 0 fully saturated rings. The largest absolute Gasteiger partial charge is 0.462 e. The van der Waals surface area contributed by atoms with Gasteiger partial charge in [0.25, 0.3) is 0 Å². The summed E-state index contributed by atoms with van der Waals surface area (Å²) < 4.78 is 4.94. The number of hydrogen-bond donors (Lipinski definition) is 0. The third-order valence-electron chi connectivity index (χ3n) is 2.49. The van der Waals surface area contributed by atoms with Crippen molar-refractivity contribution in [3.05, 3.63) is 34.4 Å². The summed E-state index contributed by atoms with van der Waals surface area (Å²) in [5, 5.41) is 9.70. The first kappa shape index (κ1) is 13.7. The molecule has 0 aliphatic carbocycles. The lowest BCUT2D eigenvalue weighted by Crippen LogP contribution is -2.07. The van der Waals surface area contributed by atoms with Gasteiger partial charge < -0.3 is 4.74 Å². The molecule has 0 unspecified atom stereocenters. The van der Waals surface area contributed by atoms with Crippen molar-refractivity contribution in [3.8, 4) is 6.07 Å². The number of nitrogens with zero attached hydrogens (tertiary/aromatic N) is 1. The topological polar surface area (TPSA) is 50.1 Å². The van der Waals surface area contributed by atoms with Gasteiger partial charge >= 0.3 is 5.97 Å². The van der Waals surface area contributed by atoms with E-state index in [0.717, 1.165) is 17.5 Å². The highest BCUT2D eigenvalue weighted by molar-refractivity contribution is 9.08. The Balaban J connectivity index is 3.28. The third kappa shape index (κ3) is 3.07. The minimum Gasteiger partial charge on any atom is -0.462 e. The van der Waals surface area contributed by atoms with Crippen LogP contribution in [0.2, 0.25) is 0 Å². The lowest BCUT2D eigenvalue weighted by molar-refractivity contribution is 0.0526. The van der Waals surface area contributed by atoms with Gasteiger partial charge in [0, 0.05) is 5.33 Å². The quantitative estimate of drug-likeness (QED) is 0.633. The Labute approximate surface area is 110 Å². The second-order valence-electron chi connectivity index (χ2n) is 3.48. The Hall–Kier alpha value is -1.34. The van der Waals surface area contributed by atoms with Crippen LogP contribution in [0.15, 0.2) is 12.1 Å². The van der Waals surface area contributed by atoms with Gasteiger partial charge in [0.2, 0.25) is 0 Å². The van der Waals surface area contributed by atoms with Gasteiger partial charge in [0.1, 0.15) is 0 Å². The first-order chi connectivity index (χ1) is 8.17. The van der Waals surface area contributed by atoms with Crippen molar-refractivity contribution in [2.45, 2.75) is 25.6 Å².